The highest BCUT2D eigenvalue weighted by Crippen LogP contribution is 2.25. The SMILES string of the molecule is COC(=O)c1ccc(N2CCOCC2CN[C@H](C)c2cccc3ccccc23)cc1.Cl. The van der Waals surface area contributed by atoms with Crippen LogP contribution in [-0.4, -0.2) is 45.4 Å². The van der Waals surface area contributed by atoms with Crippen LogP contribution >= 0.6 is 12.4 Å². The Morgan fingerprint density at radius 3 is 2.65 bits per heavy atom. The third-order valence-corrected chi connectivity index (χ3v) is 5.80. The molecule has 0 aromatic heterocycles. The van der Waals surface area contributed by atoms with Crippen molar-refractivity contribution >= 4 is 34.8 Å². The van der Waals surface area contributed by atoms with E-state index < -0.39 is 0 Å². The van der Waals surface area contributed by atoms with Crippen LogP contribution in [0.25, 0.3) is 10.8 Å². The van der Waals surface area contributed by atoms with Gasteiger partial charge in [-0.1, -0.05) is 42.5 Å². The zero-order valence-electron chi connectivity index (χ0n) is 17.9. The standard InChI is InChI=1S/C25H28N2O3.ClH/c1-18(23-9-5-7-19-6-3-4-8-24(19)23)26-16-22-17-30-15-14-27(22)21-12-10-20(11-13-21)25(28)29-2;/h3-13,18,22,26H,14-17H2,1-2H3;1H/t18-,22?;/m1./s1. The van der Waals surface area contributed by atoms with Gasteiger partial charge in [0.15, 0.2) is 0 Å². The van der Waals surface area contributed by atoms with E-state index in [1.807, 2.05) is 24.3 Å². The summed E-state index contributed by atoms with van der Waals surface area (Å²) in [6.07, 6.45) is 0. The number of hydrogen-bond donors (Lipinski definition) is 1. The van der Waals surface area contributed by atoms with Crippen LogP contribution in [0.4, 0.5) is 5.69 Å². The molecule has 6 heteroatoms. The average Bonchev–Trinajstić information content (AvgIpc) is 2.82. The highest BCUT2D eigenvalue weighted by atomic mass is 35.5. The maximum atomic E-state index is 11.7. The van der Waals surface area contributed by atoms with Crippen LogP contribution in [0.1, 0.15) is 28.9 Å². The van der Waals surface area contributed by atoms with E-state index in [1.165, 1.54) is 23.4 Å². The minimum atomic E-state index is -0.314. The predicted molar refractivity (Wildman–Crippen MR) is 127 cm³/mol. The Morgan fingerprint density at radius 1 is 1.13 bits per heavy atom. The average molecular weight is 441 g/mol. The van der Waals surface area contributed by atoms with Gasteiger partial charge in [0.2, 0.25) is 0 Å². The van der Waals surface area contributed by atoms with Gasteiger partial charge in [-0.25, -0.2) is 4.79 Å². The third-order valence-electron chi connectivity index (χ3n) is 5.80. The van der Waals surface area contributed by atoms with Gasteiger partial charge < -0.3 is 19.7 Å². The van der Waals surface area contributed by atoms with Crippen molar-refractivity contribution in [1.29, 1.82) is 0 Å². The summed E-state index contributed by atoms with van der Waals surface area (Å²) in [5.41, 5.74) is 2.96. The molecular weight excluding hydrogens is 412 g/mol. The van der Waals surface area contributed by atoms with E-state index in [0.29, 0.717) is 18.8 Å². The number of benzene rings is 3. The Labute approximate surface area is 189 Å². The van der Waals surface area contributed by atoms with E-state index in [1.54, 1.807) is 0 Å². The number of carbonyl (C=O) groups is 1. The number of rotatable bonds is 6. The van der Waals surface area contributed by atoms with Gasteiger partial charge in [-0.2, -0.15) is 0 Å². The van der Waals surface area contributed by atoms with Gasteiger partial charge in [0, 0.05) is 24.8 Å². The number of hydrogen-bond acceptors (Lipinski definition) is 5. The first-order chi connectivity index (χ1) is 14.7. The Bertz CT molecular complexity index is 1000. The molecule has 0 aliphatic carbocycles. The summed E-state index contributed by atoms with van der Waals surface area (Å²) >= 11 is 0. The van der Waals surface area contributed by atoms with E-state index in [-0.39, 0.29) is 30.5 Å². The summed E-state index contributed by atoms with van der Waals surface area (Å²) in [7, 11) is 1.40. The van der Waals surface area contributed by atoms with Gasteiger partial charge in [0.05, 0.1) is 31.9 Å². The van der Waals surface area contributed by atoms with Crippen LogP contribution in [0.5, 0.6) is 0 Å². The van der Waals surface area contributed by atoms with Crippen molar-refractivity contribution in [2.75, 3.05) is 38.3 Å². The number of anilines is 1. The van der Waals surface area contributed by atoms with Gasteiger partial charge in [0.25, 0.3) is 0 Å². The van der Waals surface area contributed by atoms with Gasteiger partial charge in [-0.15, -0.1) is 12.4 Å². The first-order valence-electron chi connectivity index (χ1n) is 10.4. The molecule has 1 fully saturated rings. The monoisotopic (exact) mass is 440 g/mol. The molecule has 0 radical (unpaired) electrons. The molecule has 164 valence electrons. The summed E-state index contributed by atoms with van der Waals surface area (Å²) in [6, 6.07) is 23.0. The van der Waals surface area contributed by atoms with Gasteiger partial charge >= 0.3 is 5.97 Å². The summed E-state index contributed by atoms with van der Waals surface area (Å²) in [5, 5.41) is 6.25. The van der Waals surface area contributed by atoms with Crippen LogP contribution in [0.2, 0.25) is 0 Å². The Hall–Kier alpha value is -2.60. The molecule has 0 amide bonds. The maximum absolute atomic E-state index is 11.7. The third kappa shape index (κ3) is 5.18. The lowest BCUT2D eigenvalue weighted by molar-refractivity contribution is 0.0600. The topological polar surface area (TPSA) is 50.8 Å². The molecule has 5 nitrogen and oxygen atoms in total. The molecule has 31 heavy (non-hydrogen) atoms. The summed E-state index contributed by atoms with van der Waals surface area (Å²) in [5.74, 6) is -0.314. The molecule has 1 aliphatic heterocycles. The number of fused-ring (bicyclic) bond motifs is 1. The molecule has 0 bridgehead atoms. The number of esters is 1. The molecule has 1 N–H and O–H groups in total. The van der Waals surface area contributed by atoms with Crippen LogP contribution in [0, 0.1) is 0 Å². The first-order valence-corrected chi connectivity index (χ1v) is 10.4. The number of carbonyl (C=O) groups excluding carboxylic acids is 1. The number of methoxy groups -OCH3 is 1. The predicted octanol–water partition coefficient (Wildman–Crippen LogP) is 4.60. The Kier molecular flexibility index (Phi) is 7.91. The van der Waals surface area contributed by atoms with E-state index in [9.17, 15) is 4.79 Å². The molecule has 2 atom stereocenters. The molecule has 4 rings (SSSR count). The van der Waals surface area contributed by atoms with E-state index in [2.05, 4.69) is 59.6 Å². The second-order valence-corrected chi connectivity index (χ2v) is 7.66. The molecule has 1 unspecified atom stereocenters. The second-order valence-electron chi connectivity index (χ2n) is 7.66. The zero-order chi connectivity index (χ0) is 20.9. The maximum Gasteiger partial charge on any atom is 0.337 e. The largest absolute Gasteiger partial charge is 0.465 e. The second kappa shape index (κ2) is 10.6. The zero-order valence-corrected chi connectivity index (χ0v) is 18.7. The van der Waals surface area contributed by atoms with Gasteiger partial charge in [0.1, 0.15) is 0 Å². The highest BCUT2D eigenvalue weighted by Gasteiger charge is 2.24. The lowest BCUT2D eigenvalue weighted by atomic mass is 9.99. The Morgan fingerprint density at radius 2 is 1.87 bits per heavy atom. The lowest BCUT2D eigenvalue weighted by Crippen LogP contribution is -2.50. The minimum absolute atomic E-state index is 0. The molecule has 3 aromatic carbocycles. The fraction of sp³-hybridized carbons (Fsp3) is 0.320. The number of morpholine rings is 1. The molecule has 1 saturated heterocycles. The van der Waals surface area contributed by atoms with Crippen LogP contribution in [0.15, 0.2) is 66.7 Å². The molecular formula is C25H29ClN2O3. The van der Waals surface area contributed by atoms with Crippen molar-refractivity contribution < 1.29 is 14.3 Å². The van der Waals surface area contributed by atoms with E-state index in [0.717, 1.165) is 18.8 Å². The van der Waals surface area contributed by atoms with E-state index in [4.69, 9.17) is 9.47 Å². The molecule has 0 saturated carbocycles. The number of halogens is 1. The molecule has 1 aliphatic rings. The minimum Gasteiger partial charge on any atom is -0.465 e. The summed E-state index contributed by atoms with van der Waals surface area (Å²) in [4.78, 5) is 14.1. The van der Waals surface area contributed by atoms with Crippen molar-refractivity contribution in [3.05, 3.63) is 77.9 Å². The van der Waals surface area contributed by atoms with E-state index >= 15 is 0 Å². The van der Waals surface area contributed by atoms with Gasteiger partial charge in [-0.05, 0) is 47.5 Å². The molecule has 1 heterocycles. The van der Waals surface area contributed by atoms with Crippen LogP contribution < -0.4 is 10.2 Å². The lowest BCUT2D eigenvalue weighted by Gasteiger charge is -2.38. The van der Waals surface area contributed by atoms with Crippen molar-refractivity contribution in [2.24, 2.45) is 0 Å². The smallest absolute Gasteiger partial charge is 0.337 e. The highest BCUT2D eigenvalue weighted by molar-refractivity contribution is 5.89. The summed E-state index contributed by atoms with van der Waals surface area (Å²) < 4.78 is 10.6. The Balaban J connectivity index is 0.00000272. The normalized spacial score (nSPS) is 17.1. The van der Waals surface area contributed by atoms with Crippen molar-refractivity contribution in [3.63, 3.8) is 0 Å². The van der Waals surface area contributed by atoms with Crippen molar-refractivity contribution in [1.82, 2.24) is 5.32 Å². The fourth-order valence-electron chi connectivity index (χ4n) is 4.12. The molecule has 3 aromatic rings. The quantitative estimate of drug-likeness (QED) is 0.567. The first kappa shape index (κ1) is 23.1. The van der Waals surface area contributed by atoms with Gasteiger partial charge in [-0.3, -0.25) is 0 Å². The van der Waals surface area contributed by atoms with Crippen LogP contribution in [0.3, 0.4) is 0 Å². The fourth-order valence-corrected chi connectivity index (χ4v) is 4.12. The number of nitrogens with zero attached hydrogens (tertiary/aromatic N) is 1. The van der Waals surface area contributed by atoms with Crippen molar-refractivity contribution in [2.45, 2.75) is 19.0 Å². The van der Waals surface area contributed by atoms with Crippen LogP contribution in [-0.2, 0) is 9.47 Å². The molecule has 0 spiro atoms. The summed E-state index contributed by atoms with van der Waals surface area (Å²) in [6.45, 7) is 5.22. The number of nitrogens with one attached hydrogen (secondary N) is 1. The number of ether oxygens (including phenoxy) is 2. The van der Waals surface area contributed by atoms with Crippen molar-refractivity contribution in [3.8, 4) is 0 Å².